The van der Waals surface area contributed by atoms with Crippen molar-refractivity contribution in [2.45, 2.75) is 70.1 Å². The number of rotatable bonds is 28. The molecule has 5 heterocycles. The lowest BCUT2D eigenvalue weighted by molar-refractivity contribution is 0.0670. The minimum atomic E-state index is -4.85. The summed E-state index contributed by atoms with van der Waals surface area (Å²) in [7, 11) is -20.4. The highest BCUT2D eigenvalue weighted by molar-refractivity contribution is 7.96. The Morgan fingerprint density at radius 1 is 0.411 bits per heavy atom. The van der Waals surface area contributed by atoms with Crippen molar-refractivity contribution < 1.29 is 123 Å². The molecule has 16 rings (SSSR count). The van der Waals surface area contributed by atoms with Crippen LogP contribution in [0.25, 0.3) is 52.4 Å². The minimum absolute atomic E-state index is 0.00119. The Labute approximate surface area is 746 Å². The average Bonchev–Trinajstić information content (AvgIpc) is 1.63. The zero-order valence-electron chi connectivity index (χ0n) is 68.3. The molecular formula is C89H68FN5O26S8. The van der Waals surface area contributed by atoms with Gasteiger partial charge >= 0.3 is 29.8 Å². The van der Waals surface area contributed by atoms with Gasteiger partial charge in [-0.05, 0) is 212 Å². The molecule has 0 aliphatic carbocycles. The lowest BCUT2D eigenvalue weighted by Crippen LogP contribution is -2.20. The number of hydrogen-bond acceptors (Lipinski definition) is 28. The maximum atomic E-state index is 15.5. The third-order valence-corrected chi connectivity index (χ3v) is 33.2. The molecule has 0 fully saturated rings. The number of esters is 4. The van der Waals surface area contributed by atoms with Crippen molar-refractivity contribution in [3.8, 4) is 62.9 Å². The van der Waals surface area contributed by atoms with Crippen molar-refractivity contribution in [3.63, 3.8) is 0 Å². The van der Waals surface area contributed by atoms with Crippen molar-refractivity contribution in [2.75, 3.05) is 44.6 Å². The number of methoxy groups -OCH3 is 2. The maximum Gasteiger partial charge on any atom is 0.347 e. The van der Waals surface area contributed by atoms with E-state index in [1.807, 2.05) is 13.8 Å². The number of sulfonamides is 5. The van der Waals surface area contributed by atoms with Gasteiger partial charge < -0.3 is 52.5 Å². The first-order valence-electron chi connectivity index (χ1n) is 38.2. The molecule has 15 aromatic rings. The highest BCUT2D eigenvalue weighted by Crippen LogP contribution is 2.45. The number of carbonyl (C=O) groups excluding carboxylic acids is 4. The maximum absolute atomic E-state index is 15.5. The summed E-state index contributed by atoms with van der Waals surface area (Å²) in [6.07, 6.45) is 0. The number of carbonyl (C=O) groups is 5. The van der Waals surface area contributed by atoms with E-state index >= 15 is 14.4 Å². The molecule has 1 aliphatic rings. The van der Waals surface area contributed by atoms with Gasteiger partial charge in [0.15, 0.2) is 11.5 Å². The van der Waals surface area contributed by atoms with Crippen LogP contribution in [0.1, 0.15) is 99.4 Å². The van der Waals surface area contributed by atoms with Gasteiger partial charge in [0.25, 0.3) is 50.1 Å². The number of carboxylic acids is 1. The number of phenols is 1. The van der Waals surface area contributed by atoms with E-state index in [1.54, 1.807) is 92.7 Å². The molecule has 660 valence electrons. The number of aromatic carboxylic acids is 1. The fourth-order valence-corrected chi connectivity index (χ4v) is 24.9. The van der Waals surface area contributed by atoms with E-state index in [1.165, 1.54) is 52.3 Å². The van der Waals surface area contributed by atoms with Gasteiger partial charge in [0, 0.05) is 61.5 Å². The van der Waals surface area contributed by atoms with Gasteiger partial charge in [-0.25, -0.2) is 62.0 Å². The molecular weight excluding hydrogens is 1830 g/mol. The molecule has 0 unspecified atom stereocenters. The topological polar surface area (TPSA) is 444 Å². The van der Waals surface area contributed by atoms with Crippen LogP contribution in [0, 0.1) is 33.5 Å². The van der Waals surface area contributed by atoms with Crippen LogP contribution in [0.3, 0.4) is 0 Å². The van der Waals surface area contributed by atoms with Crippen molar-refractivity contribution in [1.29, 1.82) is 0 Å². The third kappa shape index (κ3) is 17.7. The Balaban J connectivity index is 0.771. The number of thiophene rings is 3. The van der Waals surface area contributed by atoms with E-state index in [0.29, 0.717) is 69.9 Å². The summed E-state index contributed by atoms with van der Waals surface area (Å²) in [5, 5.41) is 23.3. The lowest BCUT2D eigenvalue weighted by Gasteiger charge is -2.17. The Morgan fingerprint density at radius 3 is 1.41 bits per heavy atom. The number of anilines is 5. The van der Waals surface area contributed by atoms with Crippen LogP contribution in [0.2, 0.25) is 0 Å². The van der Waals surface area contributed by atoms with Crippen LogP contribution in [0.15, 0.2) is 233 Å². The normalized spacial score (nSPS) is 12.3. The Morgan fingerprint density at radius 2 is 0.876 bits per heavy atom. The van der Waals surface area contributed by atoms with Crippen LogP contribution >= 0.6 is 34.0 Å². The van der Waals surface area contributed by atoms with Crippen LogP contribution in [0.5, 0.6) is 51.7 Å². The standard InChI is InChI=1S/C89H68FN5O26S8/c1-44(2)49-15-29-70-66(34-49)45(3)86(121-70)126(105,106)92-54-20-26-65(85(102)120-76-41-57(94-128(109,110)88-48(6)68-42-58(113-7)23-32-79(68)123-88)22-28-64(76)83(100)117-73-38-55(19-25-62(73)81(97)98)95-129(111,112)89-46(4)60-13-10-14-72(114-8)80(60)124-89)75(39-54)119-84(101)63-27-21-56(93-127(107,108)87-47(5)67-36-52(90)17-31-78(67)122-87)40-74(63)118-82(99)61-24-18-53(37-69(61)96)91-125(103,104)59-12-9-11-50(33-59)51-16-30-71-77(35-51)116-43-115-71/h9-42,44,91-96H,43H2,1-8H3,(H,97,98). The molecule has 7 N–H and O–H groups in total. The summed E-state index contributed by atoms with van der Waals surface area (Å²) in [5.41, 5.74) is -2.77. The molecule has 4 aromatic heterocycles. The Kier molecular flexibility index (Phi) is 23.4. The first-order chi connectivity index (χ1) is 61.2. The quantitative estimate of drug-likeness (QED) is 0.0177. The molecule has 0 saturated carbocycles. The highest BCUT2D eigenvalue weighted by atomic mass is 32.3. The van der Waals surface area contributed by atoms with E-state index in [9.17, 15) is 66.3 Å². The van der Waals surface area contributed by atoms with E-state index in [-0.39, 0.29) is 69.3 Å². The fourth-order valence-electron chi connectivity index (χ4n) is 14.1. The molecule has 1 aliphatic heterocycles. The number of nitrogens with one attached hydrogen (secondary N) is 5. The Bertz CT molecular complexity index is 7900. The molecule has 0 amide bonds. The number of ether oxygens (including phenoxy) is 8. The summed E-state index contributed by atoms with van der Waals surface area (Å²) in [6, 6.07) is 43.5. The second-order valence-corrected chi connectivity index (χ2v) is 41.4. The minimum Gasteiger partial charge on any atom is -0.507 e. The highest BCUT2D eigenvalue weighted by Gasteiger charge is 2.34. The fraction of sp³-hybridized carbons (Fsp3) is 0.112. The number of furan rings is 1. The summed E-state index contributed by atoms with van der Waals surface area (Å²) in [6.45, 7) is 9.87. The van der Waals surface area contributed by atoms with E-state index in [0.717, 1.165) is 143 Å². The van der Waals surface area contributed by atoms with Gasteiger partial charge in [-0.2, -0.15) is 8.42 Å². The van der Waals surface area contributed by atoms with Crippen LogP contribution in [-0.2, 0) is 50.1 Å². The van der Waals surface area contributed by atoms with E-state index in [2.05, 4.69) is 23.6 Å². The number of fused-ring (bicyclic) bond motifs is 5. The van der Waals surface area contributed by atoms with Gasteiger partial charge in [-0.15, -0.1) is 34.0 Å². The summed E-state index contributed by atoms with van der Waals surface area (Å²) >= 11 is 2.53. The second-order valence-electron chi connectivity index (χ2n) is 29.4. The lowest BCUT2D eigenvalue weighted by atomic mass is 10.0. The Hall–Kier alpha value is -14.1. The van der Waals surface area contributed by atoms with Crippen molar-refractivity contribution >= 4 is 184 Å². The van der Waals surface area contributed by atoms with Crippen molar-refractivity contribution in [1.82, 2.24) is 0 Å². The smallest absolute Gasteiger partial charge is 0.347 e. The van der Waals surface area contributed by atoms with Crippen molar-refractivity contribution in [2.24, 2.45) is 0 Å². The molecule has 0 bridgehead atoms. The number of benzene rings is 11. The summed E-state index contributed by atoms with van der Waals surface area (Å²) in [4.78, 5) is 73.4. The van der Waals surface area contributed by atoms with Gasteiger partial charge in [0.1, 0.15) is 92.1 Å². The molecule has 0 spiro atoms. The SMILES string of the molecule is COc1ccc2sc(S(=O)(=O)Nc3ccc(C(=O)Oc4cc(NS(=O)(=O)c5sc6c(OC)cccc6c5C)ccc4C(=O)O)c(OC(=O)c4ccc(NS(=O)(=O)c5oc6ccc(C(C)C)cc6c5C)cc4OC(=O)c4ccc(NS(=O)(=O)c5sc6ccc(F)cc6c5C)cc4OC(=O)c4ccc(NS(=O)(=O)c5cccc(-c6ccc7c(c6)OCO7)c5)cc4O)c3)c(C)c2c1. The van der Waals surface area contributed by atoms with Gasteiger partial charge in [0.05, 0.1) is 52.3 Å². The first-order valence-corrected chi connectivity index (χ1v) is 48.1. The zero-order valence-corrected chi connectivity index (χ0v) is 74.8. The van der Waals surface area contributed by atoms with E-state index in [4.69, 9.17) is 42.3 Å². The zero-order chi connectivity index (χ0) is 91.8. The number of carboxylic acid groups (broad SMARTS) is 1. The largest absolute Gasteiger partial charge is 0.507 e. The van der Waals surface area contributed by atoms with Crippen LogP contribution in [-0.4, -0.2) is 103 Å². The predicted molar refractivity (Wildman–Crippen MR) is 480 cm³/mol. The molecule has 11 aromatic carbocycles. The second kappa shape index (κ2) is 34.2. The average molecular weight is 1900 g/mol. The molecule has 0 atom stereocenters. The molecule has 129 heavy (non-hydrogen) atoms. The monoisotopic (exact) mass is 1900 g/mol. The number of aromatic hydroxyl groups is 1. The molecule has 40 heteroatoms. The van der Waals surface area contributed by atoms with Crippen LogP contribution < -0.4 is 61.5 Å². The van der Waals surface area contributed by atoms with Gasteiger partial charge in [0.2, 0.25) is 11.9 Å². The van der Waals surface area contributed by atoms with Crippen LogP contribution in [0.4, 0.5) is 32.8 Å². The van der Waals surface area contributed by atoms with E-state index < -0.39 is 164 Å². The van der Waals surface area contributed by atoms with Gasteiger partial charge in [-0.1, -0.05) is 50.2 Å². The number of halogens is 1. The first kappa shape index (κ1) is 88.3. The molecule has 31 nitrogen and oxygen atoms in total. The van der Waals surface area contributed by atoms with Gasteiger partial charge in [-0.3, -0.25) is 23.6 Å². The summed E-state index contributed by atoms with van der Waals surface area (Å²) < 4.78 is 223. The number of aryl methyl sites for hydroxylation is 4. The predicted octanol–water partition coefficient (Wildman–Crippen LogP) is 18.3. The summed E-state index contributed by atoms with van der Waals surface area (Å²) in [5.74, 6) is -11.3. The molecule has 0 saturated heterocycles. The number of phenolic OH excluding ortho intramolecular Hbond substituents is 1. The molecule has 0 radical (unpaired) electrons. The van der Waals surface area contributed by atoms with Crippen molar-refractivity contribution in [3.05, 3.63) is 268 Å². The number of hydrogen-bond donors (Lipinski definition) is 7. The third-order valence-electron chi connectivity index (χ3n) is 20.6.